The van der Waals surface area contributed by atoms with Crippen molar-refractivity contribution >= 4 is 49.9 Å². The summed E-state index contributed by atoms with van der Waals surface area (Å²) in [4.78, 5) is 16.8. The quantitative estimate of drug-likeness (QED) is 0.420. The lowest BCUT2D eigenvalue weighted by atomic mass is 10.1. The largest absolute Gasteiger partial charge is 0.493 e. The molecule has 0 fully saturated rings. The summed E-state index contributed by atoms with van der Waals surface area (Å²) < 4.78 is 12.1. The average molecular weight is 496 g/mol. The number of halogens is 2. The van der Waals surface area contributed by atoms with E-state index >= 15 is 0 Å². The summed E-state index contributed by atoms with van der Waals surface area (Å²) in [5, 5.41) is 5.84. The predicted molar refractivity (Wildman–Crippen MR) is 121 cm³/mol. The molecular formula is C21H20BrClN2O3S. The molecule has 0 bridgehead atoms. The Morgan fingerprint density at radius 3 is 2.76 bits per heavy atom. The van der Waals surface area contributed by atoms with Gasteiger partial charge in [-0.1, -0.05) is 23.7 Å². The molecule has 0 aliphatic heterocycles. The summed E-state index contributed by atoms with van der Waals surface area (Å²) in [5.41, 5.74) is 3.40. The van der Waals surface area contributed by atoms with Gasteiger partial charge in [-0.2, -0.15) is 0 Å². The number of carbonyl (C=O) groups excluding carboxylic acids is 1. The Balaban J connectivity index is 1.66. The zero-order chi connectivity index (χ0) is 21.0. The fourth-order valence-electron chi connectivity index (χ4n) is 2.72. The smallest absolute Gasteiger partial charge is 0.264 e. The van der Waals surface area contributed by atoms with Crippen LogP contribution in [-0.2, 0) is 4.79 Å². The molecule has 0 unspecified atom stereocenters. The van der Waals surface area contributed by atoms with E-state index in [9.17, 15) is 4.79 Å². The van der Waals surface area contributed by atoms with Gasteiger partial charge in [-0.3, -0.25) is 10.1 Å². The van der Waals surface area contributed by atoms with Crippen LogP contribution in [-0.4, -0.2) is 24.1 Å². The van der Waals surface area contributed by atoms with Crippen molar-refractivity contribution in [1.82, 2.24) is 4.98 Å². The number of benzene rings is 2. The van der Waals surface area contributed by atoms with Crippen LogP contribution in [0.15, 0.2) is 40.2 Å². The molecule has 1 amide bonds. The van der Waals surface area contributed by atoms with Gasteiger partial charge < -0.3 is 9.47 Å². The molecule has 5 nitrogen and oxygen atoms in total. The molecule has 0 radical (unpaired) electrons. The van der Waals surface area contributed by atoms with E-state index in [-0.39, 0.29) is 12.5 Å². The highest BCUT2D eigenvalue weighted by atomic mass is 79.9. The third-order valence-electron chi connectivity index (χ3n) is 4.14. The second-order valence-electron chi connectivity index (χ2n) is 6.25. The minimum Gasteiger partial charge on any atom is -0.493 e. The fraction of sp³-hybridized carbons (Fsp3) is 0.238. The van der Waals surface area contributed by atoms with Gasteiger partial charge in [0.1, 0.15) is 11.5 Å². The SMILES string of the molecule is CCOc1ccccc1-c1csc(NC(=O)COc2cc(C)c(Cl)c(C)c2Br)n1. The number of hydrogen-bond donors (Lipinski definition) is 1. The van der Waals surface area contributed by atoms with E-state index in [1.807, 2.05) is 50.4 Å². The van der Waals surface area contributed by atoms with Crippen LogP contribution in [0.2, 0.25) is 5.02 Å². The van der Waals surface area contributed by atoms with Crippen molar-refractivity contribution in [2.75, 3.05) is 18.5 Å². The first kappa shape index (κ1) is 21.6. The second kappa shape index (κ2) is 9.61. The topological polar surface area (TPSA) is 60.5 Å². The normalized spacial score (nSPS) is 10.7. The lowest BCUT2D eigenvalue weighted by Crippen LogP contribution is -2.20. The van der Waals surface area contributed by atoms with E-state index in [0.29, 0.717) is 22.5 Å². The van der Waals surface area contributed by atoms with E-state index in [1.54, 1.807) is 6.07 Å². The first-order chi connectivity index (χ1) is 13.9. The second-order valence-corrected chi connectivity index (χ2v) is 8.28. The van der Waals surface area contributed by atoms with Crippen LogP contribution in [0.5, 0.6) is 11.5 Å². The van der Waals surface area contributed by atoms with Gasteiger partial charge in [0.25, 0.3) is 5.91 Å². The molecule has 0 aliphatic rings. The van der Waals surface area contributed by atoms with Gasteiger partial charge in [-0.15, -0.1) is 11.3 Å². The molecule has 1 N–H and O–H groups in total. The molecule has 3 aromatic rings. The molecule has 0 spiro atoms. The van der Waals surface area contributed by atoms with Crippen LogP contribution in [0.25, 0.3) is 11.3 Å². The Labute approximate surface area is 187 Å². The van der Waals surface area contributed by atoms with E-state index in [2.05, 4.69) is 26.2 Å². The van der Waals surface area contributed by atoms with Crippen molar-refractivity contribution in [3.63, 3.8) is 0 Å². The maximum absolute atomic E-state index is 12.3. The summed E-state index contributed by atoms with van der Waals surface area (Å²) in [6.45, 7) is 6.16. The Hall–Kier alpha value is -2.09. The highest BCUT2D eigenvalue weighted by molar-refractivity contribution is 9.10. The van der Waals surface area contributed by atoms with Crippen LogP contribution in [0.1, 0.15) is 18.1 Å². The summed E-state index contributed by atoms with van der Waals surface area (Å²) in [6.07, 6.45) is 0. The number of para-hydroxylation sites is 1. The summed E-state index contributed by atoms with van der Waals surface area (Å²) >= 11 is 11.0. The van der Waals surface area contributed by atoms with Crippen LogP contribution in [0.4, 0.5) is 5.13 Å². The number of thiazole rings is 1. The van der Waals surface area contributed by atoms with Gasteiger partial charge >= 0.3 is 0 Å². The Bertz CT molecular complexity index is 1040. The Morgan fingerprint density at radius 2 is 2.00 bits per heavy atom. The lowest BCUT2D eigenvalue weighted by Gasteiger charge is -2.12. The number of carbonyl (C=O) groups is 1. The molecule has 2 aromatic carbocycles. The molecular weight excluding hydrogens is 476 g/mol. The predicted octanol–water partition coefficient (Wildman–Crippen LogP) is 6.26. The molecule has 0 saturated carbocycles. The summed E-state index contributed by atoms with van der Waals surface area (Å²) in [5.74, 6) is 1.05. The minimum absolute atomic E-state index is 0.135. The van der Waals surface area contributed by atoms with Crippen molar-refractivity contribution in [3.8, 4) is 22.8 Å². The number of nitrogens with zero attached hydrogens (tertiary/aromatic N) is 1. The maximum atomic E-state index is 12.3. The molecule has 0 atom stereocenters. The lowest BCUT2D eigenvalue weighted by molar-refractivity contribution is -0.118. The molecule has 3 rings (SSSR count). The molecule has 29 heavy (non-hydrogen) atoms. The molecule has 0 aliphatic carbocycles. The number of aryl methyl sites for hydroxylation is 1. The summed E-state index contributed by atoms with van der Waals surface area (Å²) in [7, 11) is 0. The Morgan fingerprint density at radius 1 is 1.24 bits per heavy atom. The van der Waals surface area contributed by atoms with E-state index in [0.717, 1.165) is 32.6 Å². The van der Waals surface area contributed by atoms with Crippen molar-refractivity contribution < 1.29 is 14.3 Å². The van der Waals surface area contributed by atoms with Crippen LogP contribution >= 0.6 is 38.9 Å². The number of amides is 1. The monoisotopic (exact) mass is 494 g/mol. The van der Waals surface area contributed by atoms with Crippen LogP contribution < -0.4 is 14.8 Å². The van der Waals surface area contributed by atoms with Crippen molar-refractivity contribution in [1.29, 1.82) is 0 Å². The molecule has 8 heteroatoms. The molecule has 152 valence electrons. The first-order valence-electron chi connectivity index (χ1n) is 8.96. The fourth-order valence-corrected chi connectivity index (χ4v) is 4.14. The standard InChI is InChI=1S/C21H20BrClN2O3S/c1-4-27-16-8-6-5-7-14(16)15-11-29-21(24-15)25-18(26)10-28-17-9-12(2)20(23)13(3)19(17)22/h5-9,11H,4,10H2,1-3H3,(H,24,25,26). The van der Waals surface area contributed by atoms with Gasteiger partial charge in [0.2, 0.25) is 0 Å². The van der Waals surface area contributed by atoms with Crippen LogP contribution in [0.3, 0.4) is 0 Å². The number of nitrogens with one attached hydrogen (secondary N) is 1. The maximum Gasteiger partial charge on any atom is 0.264 e. The van der Waals surface area contributed by atoms with Crippen LogP contribution in [0, 0.1) is 13.8 Å². The van der Waals surface area contributed by atoms with E-state index in [4.69, 9.17) is 21.1 Å². The molecule has 0 saturated heterocycles. The van der Waals surface area contributed by atoms with Crippen molar-refractivity contribution in [2.24, 2.45) is 0 Å². The van der Waals surface area contributed by atoms with Gasteiger partial charge in [-0.05, 0) is 66.0 Å². The van der Waals surface area contributed by atoms with E-state index < -0.39 is 0 Å². The number of ether oxygens (including phenoxy) is 2. The van der Waals surface area contributed by atoms with Crippen molar-refractivity contribution in [2.45, 2.75) is 20.8 Å². The third-order valence-corrected chi connectivity index (χ3v) is 6.47. The van der Waals surface area contributed by atoms with Gasteiger partial charge in [-0.25, -0.2) is 4.98 Å². The number of aromatic nitrogens is 1. The highest BCUT2D eigenvalue weighted by Gasteiger charge is 2.14. The van der Waals surface area contributed by atoms with Gasteiger partial charge in [0.05, 0.1) is 16.8 Å². The number of hydrogen-bond acceptors (Lipinski definition) is 5. The first-order valence-corrected chi connectivity index (χ1v) is 11.0. The molecule has 1 heterocycles. The summed E-state index contributed by atoms with van der Waals surface area (Å²) in [6, 6.07) is 9.49. The third kappa shape index (κ3) is 5.10. The van der Waals surface area contributed by atoms with E-state index in [1.165, 1.54) is 11.3 Å². The molecule has 1 aromatic heterocycles. The Kier molecular flexibility index (Phi) is 7.16. The average Bonchev–Trinajstić information content (AvgIpc) is 3.17. The van der Waals surface area contributed by atoms with Gasteiger partial charge in [0, 0.05) is 16.0 Å². The zero-order valence-electron chi connectivity index (χ0n) is 16.2. The minimum atomic E-state index is -0.291. The number of anilines is 1. The zero-order valence-corrected chi connectivity index (χ0v) is 19.4. The highest BCUT2D eigenvalue weighted by Crippen LogP contribution is 2.36. The number of rotatable bonds is 7. The van der Waals surface area contributed by atoms with Gasteiger partial charge in [0.15, 0.2) is 11.7 Å². The van der Waals surface area contributed by atoms with Crippen molar-refractivity contribution in [3.05, 3.63) is 56.3 Å².